The summed E-state index contributed by atoms with van der Waals surface area (Å²) in [5.41, 5.74) is 8.87. The summed E-state index contributed by atoms with van der Waals surface area (Å²) in [5, 5.41) is 9.10. The third-order valence-corrected chi connectivity index (χ3v) is 6.00. The molecular weight excluding hydrogens is 356 g/mol. The summed E-state index contributed by atoms with van der Waals surface area (Å²) in [4.78, 5) is 4.17. The highest BCUT2D eigenvalue weighted by molar-refractivity contribution is 6.76. The van der Waals surface area contributed by atoms with Gasteiger partial charge in [0.15, 0.2) is 5.65 Å². The molecule has 0 aromatic carbocycles. The van der Waals surface area contributed by atoms with Gasteiger partial charge in [-0.05, 0) is 19.0 Å². The number of ether oxygens (including phenoxy) is 1. The lowest BCUT2D eigenvalue weighted by molar-refractivity contribution is 0.0784. The van der Waals surface area contributed by atoms with Crippen molar-refractivity contribution >= 4 is 31.3 Å². The normalized spacial score (nSPS) is 12.2. The molecule has 0 amide bonds. The fourth-order valence-electron chi connectivity index (χ4n) is 2.53. The van der Waals surface area contributed by atoms with E-state index in [1.807, 2.05) is 19.2 Å². The minimum Gasteiger partial charge on any atom is -0.366 e. The van der Waals surface area contributed by atoms with Gasteiger partial charge in [-0.15, -0.1) is 5.10 Å². The summed E-state index contributed by atoms with van der Waals surface area (Å²) in [6, 6.07) is 3.03. The van der Waals surface area contributed by atoms with Gasteiger partial charge in [-0.2, -0.15) is 10.1 Å². The molecule has 0 aliphatic carbocycles. The first-order chi connectivity index (χ1) is 11.7. The Morgan fingerprint density at radius 2 is 2.00 bits per heavy atom. The van der Waals surface area contributed by atoms with Crippen LogP contribution in [0.25, 0.3) is 16.8 Å². The van der Waals surface area contributed by atoms with Gasteiger partial charge in [-0.25, -0.2) is 9.20 Å². The summed E-state index contributed by atoms with van der Waals surface area (Å²) in [5.74, 6) is 0.197. The van der Waals surface area contributed by atoms with Crippen molar-refractivity contribution in [2.75, 3.05) is 12.3 Å². The molecule has 25 heavy (non-hydrogen) atoms. The Bertz CT molecular complexity index is 898. The van der Waals surface area contributed by atoms with Crippen LogP contribution in [-0.4, -0.2) is 39.1 Å². The molecular formula is C16H23ClN6OSi. The van der Waals surface area contributed by atoms with E-state index in [1.54, 1.807) is 15.4 Å². The van der Waals surface area contributed by atoms with Crippen LogP contribution in [-0.2, 0) is 11.5 Å². The van der Waals surface area contributed by atoms with Crippen molar-refractivity contribution in [2.45, 2.75) is 39.3 Å². The van der Waals surface area contributed by atoms with Crippen molar-refractivity contribution in [3.05, 3.63) is 29.2 Å². The van der Waals surface area contributed by atoms with E-state index < -0.39 is 8.07 Å². The molecule has 0 unspecified atom stereocenters. The maximum atomic E-state index is 6.51. The zero-order valence-corrected chi connectivity index (χ0v) is 16.7. The molecule has 3 aromatic rings. The molecule has 0 atom stereocenters. The third-order valence-electron chi connectivity index (χ3n) is 3.92. The topological polar surface area (TPSA) is 83.3 Å². The fraction of sp³-hybridized carbons (Fsp3) is 0.438. The number of aromatic nitrogens is 5. The Labute approximate surface area is 152 Å². The number of nitrogens with zero attached hydrogens (tertiary/aromatic N) is 5. The van der Waals surface area contributed by atoms with Gasteiger partial charge in [0, 0.05) is 38.2 Å². The summed E-state index contributed by atoms with van der Waals surface area (Å²) in [6.07, 6.45) is 3.74. The first-order valence-corrected chi connectivity index (χ1v) is 12.3. The van der Waals surface area contributed by atoms with Gasteiger partial charge in [0.2, 0.25) is 5.95 Å². The lowest BCUT2D eigenvalue weighted by Gasteiger charge is -2.15. The molecule has 0 fully saturated rings. The highest BCUT2D eigenvalue weighted by Gasteiger charge is 2.16. The highest BCUT2D eigenvalue weighted by atomic mass is 35.5. The Morgan fingerprint density at radius 1 is 1.24 bits per heavy atom. The molecule has 0 aliphatic rings. The number of halogens is 1. The number of anilines is 1. The van der Waals surface area contributed by atoms with Crippen LogP contribution in [0.5, 0.6) is 0 Å². The predicted octanol–water partition coefficient (Wildman–Crippen LogP) is 3.45. The molecule has 0 saturated carbocycles. The predicted molar refractivity (Wildman–Crippen MR) is 102 cm³/mol. The molecule has 3 rings (SSSR count). The zero-order chi connectivity index (χ0) is 18.2. The van der Waals surface area contributed by atoms with Crippen LogP contribution in [0.1, 0.15) is 5.69 Å². The van der Waals surface area contributed by atoms with Crippen molar-refractivity contribution in [1.82, 2.24) is 24.4 Å². The van der Waals surface area contributed by atoms with Gasteiger partial charge in [0.1, 0.15) is 6.73 Å². The number of rotatable bonds is 6. The number of fused-ring (bicyclic) bond motifs is 1. The summed E-state index contributed by atoms with van der Waals surface area (Å²) < 4.78 is 9.13. The van der Waals surface area contributed by atoms with E-state index in [9.17, 15) is 0 Å². The molecule has 0 spiro atoms. The second-order valence-corrected chi connectivity index (χ2v) is 13.3. The molecule has 9 heteroatoms. The second kappa shape index (κ2) is 6.78. The average molecular weight is 379 g/mol. The van der Waals surface area contributed by atoms with E-state index in [1.165, 1.54) is 0 Å². The van der Waals surface area contributed by atoms with Gasteiger partial charge < -0.3 is 10.5 Å². The molecule has 2 N–H and O–H groups in total. The Morgan fingerprint density at radius 3 is 2.72 bits per heavy atom. The molecule has 134 valence electrons. The molecule has 3 aromatic heterocycles. The lowest BCUT2D eigenvalue weighted by Crippen LogP contribution is -2.22. The monoisotopic (exact) mass is 378 g/mol. The number of nitrogen functional groups attached to an aromatic ring is 1. The SMILES string of the molecule is Cc1nn(COCC[Si](C)(C)C)cc1-c1ccn2nc(N)nc2c1Cl. The van der Waals surface area contributed by atoms with Crippen LogP contribution in [0.3, 0.4) is 0 Å². The largest absolute Gasteiger partial charge is 0.366 e. The fourth-order valence-corrected chi connectivity index (χ4v) is 3.58. The van der Waals surface area contributed by atoms with E-state index in [-0.39, 0.29) is 5.95 Å². The molecule has 0 saturated heterocycles. The van der Waals surface area contributed by atoms with E-state index in [2.05, 4.69) is 34.8 Å². The van der Waals surface area contributed by atoms with Crippen molar-refractivity contribution in [3.63, 3.8) is 0 Å². The number of aryl methyl sites for hydroxylation is 1. The minimum absolute atomic E-state index is 0.197. The molecule has 3 heterocycles. The van der Waals surface area contributed by atoms with Gasteiger partial charge >= 0.3 is 0 Å². The Balaban J connectivity index is 1.79. The van der Waals surface area contributed by atoms with Gasteiger partial charge in [0.25, 0.3) is 0 Å². The van der Waals surface area contributed by atoms with Crippen molar-refractivity contribution in [1.29, 1.82) is 0 Å². The summed E-state index contributed by atoms with van der Waals surface area (Å²) >= 11 is 6.51. The summed E-state index contributed by atoms with van der Waals surface area (Å²) in [7, 11) is -1.08. The number of hydrogen-bond donors (Lipinski definition) is 1. The van der Waals surface area contributed by atoms with Crippen LogP contribution < -0.4 is 5.73 Å². The first kappa shape index (κ1) is 17.9. The van der Waals surface area contributed by atoms with E-state index in [0.717, 1.165) is 29.5 Å². The standard InChI is InChI=1S/C16H23ClN6OSi/c1-11-13(9-22(20-11)10-24-7-8-25(2,3)4)12-5-6-23-15(14(12)17)19-16(18)21-23/h5-6,9H,7-8,10H2,1-4H3,(H2,18,21). The van der Waals surface area contributed by atoms with Gasteiger partial charge in [0.05, 0.1) is 10.7 Å². The minimum atomic E-state index is -1.08. The van der Waals surface area contributed by atoms with Crippen LogP contribution in [0.2, 0.25) is 30.7 Å². The average Bonchev–Trinajstić information content (AvgIpc) is 3.06. The second-order valence-electron chi connectivity index (χ2n) is 7.30. The summed E-state index contributed by atoms with van der Waals surface area (Å²) in [6.45, 7) is 10.1. The van der Waals surface area contributed by atoms with E-state index in [0.29, 0.717) is 17.4 Å². The smallest absolute Gasteiger partial charge is 0.240 e. The number of nitrogens with two attached hydrogens (primary N) is 1. The van der Waals surface area contributed by atoms with Crippen LogP contribution in [0.15, 0.2) is 18.5 Å². The van der Waals surface area contributed by atoms with Gasteiger partial charge in [-0.3, -0.25) is 0 Å². The first-order valence-electron chi connectivity index (χ1n) is 8.17. The van der Waals surface area contributed by atoms with Crippen LogP contribution in [0.4, 0.5) is 5.95 Å². The van der Waals surface area contributed by atoms with Crippen molar-refractivity contribution < 1.29 is 4.74 Å². The van der Waals surface area contributed by atoms with E-state index >= 15 is 0 Å². The van der Waals surface area contributed by atoms with Crippen molar-refractivity contribution in [2.24, 2.45) is 0 Å². The lowest BCUT2D eigenvalue weighted by atomic mass is 10.1. The van der Waals surface area contributed by atoms with Gasteiger partial charge in [-0.1, -0.05) is 31.2 Å². The zero-order valence-electron chi connectivity index (χ0n) is 15.0. The van der Waals surface area contributed by atoms with Crippen LogP contribution in [0, 0.1) is 6.92 Å². The molecule has 0 radical (unpaired) electrons. The number of pyridine rings is 1. The third kappa shape index (κ3) is 4.02. The van der Waals surface area contributed by atoms with E-state index in [4.69, 9.17) is 22.1 Å². The molecule has 0 bridgehead atoms. The highest BCUT2D eigenvalue weighted by Crippen LogP contribution is 2.32. The molecule has 7 nitrogen and oxygen atoms in total. The van der Waals surface area contributed by atoms with Crippen molar-refractivity contribution in [3.8, 4) is 11.1 Å². The Hall–Kier alpha value is -1.90. The Kier molecular flexibility index (Phi) is 4.85. The number of hydrogen-bond acceptors (Lipinski definition) is 5. The quantitative estimate of drug-likeness (QED) is 0.524. The van der Waals surface area contributed by atoms with Crippen LogP contribution >= 0.6 is 11.6 Å². The maximum Gasteiger partial charge on any atom is 0.240 e. The maximum absolute atomic E-state index is 6.51. The molecule has 0 aliphatic heterocycles.